The summed E-state index contributed by atoms with van der Waals surface area (Å²) in [6.45, 7) is 4.24. The molecule has 0 saturated carbocycles. The van der Waals surface area contributed by atoms with Gasteiger partial charge in [-0.3, -0.25) is 9.59 Å². The van der Waals surface area contributed by atoms with Gasteiger partial charge in [0, 0.05) is 36.3 Å². The van der Waals surface area contributed by atoms with E-state index < -0.39 is 11.9 Å². The number of esters is 1. The Bertz CT molecular complexity index is 1390. The second-order valence-electron chi connectivity index (χ2n) is 8.58. The fraction of sp³-hybridized carbons (Fsp3) is 0.259. The molecule has 37 heavy (non-hydrogen) atoms. The fourth-order valence-corrected chi connectivity index (χ4v) is 4.19. The van der Waals surface area contributed by atoms with Crippen molar-refractivity contribution in [2.24, 2.45) is 0 Å². The number of aldehydes is 1. The van der Waals surface area contributed by atoms with Crippen molar-refractivity contribution in [1.82, 2.24) is 14.9 Å². The maximum absolute atomic E-state index is 12.4. The van der Waals surface area contributed by atoms with Crippen LogP contribution in [0.4, 0.5) is 11.6 Å². The normalized spacial score (nSPS) is 12.5. The summed E-state index contributed by atoms with van der Waals surface area (Å²) in [6.07, 6.45) is 1.53. The minimum absolute atomic E-state index is 0.269. The van der Waals surface area contributed by atoms with Crippen LogP contribution in [0.15, 0.2) is 36.4 Å². The van der Waals surface area contributed by atoms with Crippen LogP contribution >= 0.6 is 0 Å². The summed E-state index contributed by atoms with van der Waals surface area (Å²) in [4.78, 5) is 46.3. The van der Waals surface area contributed by atoms with E-state index in [-0.39, 0.29) is 19.0 Å². The van der Waals surface area contributed by atoms with Gasteiger partial charge in [0.15, 0.2) is 0 Å². The predicted octanol–water partition coefficient (Wildman–Crippen LogP) is 3.41. The van der Waals surface area contributed by atoms with Gasteiger partial charge in [-0.1, -0.05) is 0 Å². The zero-order valence-electron chi connectivity index (χ0n) is 20.7. The highest BCUT2D eigenvalue weighted by Gasteiger charge is 2.28. The minimum atomic E-state index is -0.918. The lowest BCUT2D eigenvalue weighted by Gasteiger charge is -2.18. The van der Waals surface area contributed by atoms with Crippen LogP contribution in [0.3, 0.4) is 0 Å². The summed E-state index contributed by atoms with van der Waals surface area (Å²) < 4.78 is 10.9. The number of carbonyl (C=O) groups excluding carboxylic acids is 3. The zero-order valence-corrected chi connectivity index (χ0v) is 20.7. The number of fused-ring (bicyclic) bond motifs is 1. The molecule has 3 aromatic rings. The van der Waals surface area contributed by atoms with E-state index in [0.717, 1.165) is 23.0 Å². The number of aryl methyl sites for hydroxylation is 2. The molecule has 1 amide bonds. The summed E-state index contributed by atoms with van der Waals surface area (Å²) in [5.41, 5.74) is 4.70. The number of hydrogen-bond donors (Lipinski definition) is 1. The molecule has 1 aliphatic heterocycles. The third-order valence-electron chi connectivity index (χ3n) is 6.04. The van der Waals surface area contributed by atoms with Crippen LogP contribution in [0.5, 0.6) is 11.6 Å². The molecule has 10 heteroatoms. The van der Waals surface area contributed by atoms with Crippen molar-refractivity contribution in [3.8, 4) is 17.7 Å². The highest BCUT2D eigenvalue weighted by Crippen LogP contribution is 2.34. The maximum atomic E-state index is 12.4. The standard InChI is InChI=1S/C27H25N5O5/c1-16-12-19(15-33)13-17(2)23(16)37-24-21-8-10-32(25(34)26(35)36-3)11-9-22(21)30-27(31-24)29-20-6-4-18(14-28)5-7-20/h4-7,12-13,15H,8-11H2,1-3H3,(H,29,30,31). The predicted molar refractivity (Wildman–Crippen MR) is 134 cm³/mol. The Morgan fingerprint density at radius 3 is 2.38 bits per heavy atom. The molecule has 0 spiro atoms. The average Bonchev–Trinajstić information content (AvgIpc) is 3.13. The first-order valence-corrected chi connectivity index (χ1v) is 11.6. The number of aromatic nitrogens is 2. The van der Waals surface area contributed by atoms with E-state index in [1.165, 1.54) is 12.0 Å². The van der Waals surface area contributed by atoms with E-state index in [1.807, 2.05) is 13.8 Å². The molecule has 0 bridgehead atoms. The lowest BCUT2D eigenvalue weighted by molar-refractivity contribution is -0.158. The molecule has 4 rings (SSSR count). The number of nitriles is 1. The van der Waals surface area contributed by atoms with E-state index in [0.29, 0.717) is 47.0 Å². The number of nitrogens with zero attached hydrogens (tertiary/aromatic N) is 4. The van der Waals surface area contributed by atoms with Crippen molar-refractivity contribution < 1.29 is 23.9 Å². The molecular formula is C27H25N5O5. The van der Waals surface area contributed by atoms with Gasteiger partial charge < -0.3 is 19.7 Å². The first kappa shape index (κ1) is 25.3. The Morgan fingerprint density at radius 1 is 1.08 bits per heavy atom. The number of anilines is 2. The van der Waals surface area contributed by atoms with Gasteiger partial charge in [0.2, 0.25) is 11.8 Å². The molecule has 1 N–H and O–H groups in total. The molecule has 0 unspecified atom stereocenters. The van der Waals surface area contributed by atoms with E-state index in [4.69, 9.17) is 10.00 Å². The molecule has 0 saturated heterocycles. The van der Waals surface area contributed by atoms with Crippen LogP contribution in [-0.4, -0.2) is 53.2 Å². The summed E-state index contributed by atoms with van der Waals surface area (Å²) in [5, 5.41) is 12.2. The summed E-state index contributed by atoms with van der Waals surface area (Å²) in [5.74, 6) is -0.455. The average molecular weight is 500 g/mol. The van der Waals surface area contributed by atoms with Gasteiger partial charge in [0.25, 0.3) is 0 Å². The quantitative estimate of drug-likeness (QED) is 0.318. The third kappa shape index (κ3) is 5.56. The first-order chi connectivity index (χ1) is 17.8. The Morgan fingerprint density at radius 2 is 1.76 bits per heavy atom. The molecule has 0 aliphatic carbocycles. The topological polar surface area (TPSA) is 135 Å². The van der Waals surface area contributed by atoms with Crippen LogP contribution < -0.4 is 10.1 Å². The van der Waals surface area contributed by atoms with Gasteiger partial charge in [-0.15, -0.1) is 0 Å². The molecule has 2 heterocycles. The Balaban J connectivity index is 1.72. The summed E-state index contributed by atoms with van der Waals surface area (Å²) in [7, 11) is 1.17. The fourth-order valence-electron chi connectivity index (χ4n) is 4.19. The van der Waals surface area contributed by atoms with Crippen LogP contribution in [0.25, 0.3) is 0 Å². The molecule has 1 aliphatic rings. The number of benzene rings is 2. The van der Waals surface area contributed by atoms with Gasteiger partial charge in [0.1, 0.15) is 12.0 Å². The van der Waals surface area contributed by atoms with Crippen molar-refractivity contribution in [3.63, 3.8) is 0 Å². The second-order valence-corrected chi connectivity index (χ2v) is 8.58. The van der Waals surface area contributed by atoms with E-state index in [9.17, 15) is 14.4 Å². The first-order valence-electron chi connectivity index (χ1n) is 11.6. The molecule has 10 nitrogen and oxygen atoms in total. The smallest absolute Gasteiger partial charge is 0.396 e. The van der Waals surface area contributed by atoms with Gasteiger partial charge in [-0.25, -0.2) is 9.78 Å². The van der Waals surface area contributed by atoms with Crippen molar-refractivity contribution in [2.45, 2.75) is 26.7 Å². The minimum Gasteiger partial charge on any atom is -0.462 e. The molecular weight excluding hydrogens is 474 g/mol. The van der Waals surface area contributed by atoms with Crippen LogP contribution in [0, 0.1) is 25.2 Å². The van der Waals surface area contributed by atoms with Crippen molar-refractivity contribution >= 4 is 29.8 Å². The molecule has 188 valence electrons. The Kier molecular flexibility index (Phi) is 7.44. The SMILES string of the molecule is COC(=O)C(=O)N1CCc2nc(Nc3ccc(C#N)cc3)nc(Oc3c(C)cc(C=O)cc3C)c2CC1. The van der Waals surface area contributed by atoms with Gasteiger partial charge in [0.05, 0.1) is 24.4 Å². The number of amides is 1. The number of methoxy groups -OCH3 is 1. The zero-order chi connectivity index (χ0) is 26.5. The van der Waals surface area contributed by atoms with Crippen molar-refractivity contribution in [1.29, 1.82) is 5.26 Å². The van der Waals surface area contributed by atoms with E-state index >= 15 is 0 Å². The van der Waals surface area contributed by atoms with Crippen molar-refractivity contribution in [2.75, 3.05) is 25.5 Å². The van der Waals surface area contributed by atoms with E-state index in [1.54, 1.807) is 36.4 Å². The lowest BCUT2D eigenvalue weighted by Crippen LogP contribution is -2.38. The van der Waals surface area contributed by atoms with Gasteiger partial charge >= 0.3 is 11.9 Å². The lowest BCUT2D eigenvalue weighted by atomic mass is 10.1. The van der Waals surface area contributed by atoms with Gasteiger partial charge in [-0.05, 0) is 67.8 Å². The van der Waals surface area contributed by atoms with Gasteiger partial charge in [-0.2, -0.15) is 10.2 Å². The van der Waals surface area contributed by atoms with E-state index in [2.05, 4.69) is 26.1 Å². The second kappa shape index (κ2) is 10.9. The summed E-state index contributed by atoms with van der Waals surface area (Å²) >= 11 is 0. The van der Waals surface area contributed by atoms with Crippen LogP contribution in [-0.2, 0) is 27.2 Å². The Labute approximate surface area is 213 Å². The molecule has 0 fully saturated rings. The molecule has 1 aromatic heterocycles. The Hall–Kier alpha value is -4.78. The van der Waals surface area contributed by atoms with Crippen LogP contribution in [0.1, 0.15) is 38.3 Å². The molecule has 0 atom stereocenters. The largest absolute Gasteiger partial charge is 0.462 e. The highest BCUT2D eigenvalue weighted by molar-refractivity contribution is 6.32. The molecule has 0 radical (unpaired) electrons. The van der Waals surface area contributed by atoms with Crippen LogP contribution in [0.2, 0.25) is 0 Å². The number of ether oxygens (including phenoxy) is 2. The van der Waals surface area contributed by atoms with Crippen molar-refractivity contribution in [3.05, 3.63) is 69.9 Å². The number of carbonyl (C=O) groups is 3. The number of hydrogen-bond acceptors (Lipinski definition) is 9. The highest BCUT2D eigenvalue weighted by atomic mass is 16.5. The number of nitrogens with one attached hydrogen (secondary N) is 1. The monoisotopic (exact) mass is 499 g/mol. The molecule has 2 aromatic carbocycles. The number of rotatable bonds is 5. The summed E-state index contributed by atoms with van der Waals surface area (Å²) in [6, 6.07) is 12.4. The third-order valence-corrected chi connectivity index (χ3v) is 6.04. The maximum Gasteiger partial charge on any atom is 0.396 e.